The fraction of sp³-hybridized carbons (Fsp3) is 0.571. The molecule has 0 saturated carbocycles. The average Bonchev–Trinajstić information content (AvgIpc) is 2.40. The monoisotopic (exact) mass is 290 g/mol. The lowest BCUT2D eigenvalue weighted by Crippen LogP contribution is -2.43. The van der Waals surface area contributed by atoms with Crippen molar-refractivity contribution in [3.05, 3.63) is 35.1 Å². The summed E-state index contributed by atoms with van der Waals surface area (Å²) in [4.78, 5) is 2.01. The zero-order valence-electron chi connectivity index (χ0n) is 11.3. The molecule has 0 aromatic heterocycles. The Hall–Kier alpha value is -1.14. The molecule has 1 N–H and O–H groups in total. The van der Waals surface area contributed by atoms with Crippen LogP contribution in [0.25, 0.3) is 0 Å². The Morgan fingerprint density at radius 1 is 1.35 bits per heavy atom. The molecule has 20 heavy (non-hydrogen) atoms. The molecule has 2 nitrogen and oxygen atoms in total. The first kappa shape index (κ1) is 15.3. The smallest absolute Gasteiger partial charge is 0.315 e. The van der Waals surface area contributed by atoms with E-state index in [4.69, 9.17) is 0 Å². The molecular weight excluding hydrogens is 272 g/mol. The lowest BCUT2D eigenvalue weighted by molar-refractivity contribution is -0.140. The van der Waals surface area contributed by atoms with E-state index in [-0.39, 0.29) is 0 Å². The second-order valence-corrected chi connectivity index (χ2v) is 5.23. The molecule has 0 bridgehead atoms. The standard InChI is InChI=1S/C14H18F4N2/c1-20(11-3-2-6-19-8-11)9-10-4-5-13(15)12(7-10)14(16,17)18/h4-5,7,11,19H,2-3,6,8-9H2,1H3. The molecule has 0 spiro atoms. The number of alkyl halides is 3. The number of likely N-dealkylation sites (N-methyl/N-ethyl adjacent to an activating group) is 1. The number of piperidine rings is 1. The third-order valence-corrected chi connectivity index (χ3v) is 3.66. The number of nitrogens with zero attached hydrogens (tertiary/aromatic N) is 1. The molecule has 1 fully saturated rings. The molecule has 0 amide bonds. The number of nitrogens with one attached hydrogen (secondary N) is 1. The van der Waals surface area contributed by atoms with Crippen LogP contribution in [0, 0.1) is 5.82 Å². The van der Waals surface area contributed by atoms with E-state index in [1.807, 2.05) is 11.9 Å². The molecule has 1 aliphatic heterocycles. The SMILES string of the molecule is CN(Cc1ccc(F)c(C(F)(F)F)c1)C1CCCNC1. The van der Waals surface area contributed by atoms with Crippen molar-refractivity contribution >= 4 is 0 Å². The molecule has 0 aliphatic carbocycles. The maximum atomic E-state index is 13.2. The van der Waals surface area contributed by atoms with E-state index >= 15 is 0 Å². The quantitative estimate of drug-likeness (QED) is 0.861. The fourth-order valence-electron chi connectivity index (χ4n) is 2.51. The molecule has 1 unspecified atom stereocenters. The first-order valence-corrected chi connectivity index (χ1v) is 6.64. The van der Waals surface area contributed by atoms with Gasteiger partial charge >= 0.3 is 6.18 Å². The van der Waals surface area contributed by atoms with E-state index in [9.17, 15) is 17.6 Å². The Balaban J connectivity index is 2.09. The maximum absolute atomic E-state index is 13.2. The van der Waals surface area contributed by atoms with E-state index in [0.717, 1.165) is 38.1 Å². The summed E-state index contributed by atoms with van der Waals surface area (Å²) in [5.41, 5.74) is -0.711. The van der Waals surface area contributed by atoms with Gasteiger partial charge in [0, 0.05) is 19.1 Å². The summed E-state index contributed by atoms with van der Waals surface area (Å²) in [6, 6.07) is 3.52. The van der Waals surface area contributed by atoms with E-state index < -0.39 is 17.6 Å². The number of hydrogen-bond acceptors (Lipinski definition) is 2. The normalized spacial score (nSPS) is 20.4. The zero-order chi connectivity index (χ0) is 14.8. The molecule has 0 radical (unpaired) electrons. The Labute approximate surface area is 115 Å². The highest BCUT2D eigenvalue weighted by Gasteiger charge is 2.34. The number of hydrogen-bond donors (Lipinski definition) is 1. The molecule has 1 aromatic rings. The first-order chi connectivity index (χ1) is 9.38. The van der Waals surface area contributed by atoms with Crippen molar-refractivity contribution in [2.45, 2.75) is 31.6 Å². The molecule has 1 saturated heterocycles. The second kappa shape index (κ2) is 6.10. The van der Waals surface area contributed by atoms with Crippen molar-refractivity contribution in [3.8, 4) is 0 Å². The highest BCUT2D eigenvalue weighted by Crippen LogP contribution is 2.32. The van der Waals surface area contributed by atoms with Crippen LogP contribution in [0.15, 0.2) is 18.2 Å². The van der Waals surface area contributed by atoms with Crippen molar-refractivity contribution < 1.29 is 17.6 Å². The van der Waals surface area contributed by atoms with Crippen LogP contribution < -0.4 is 5.32 Å². The number of halogens is 4. The molecule has 112 valence electrons. The van der Waals surface area contributed by atoms with Crippen LogP contribution in [0.3, 0.4) is 0 Å². The Bertz CT molecular complexity index is 453. The van der Waals surface area contributed by atoms with E-state index in [2.05, 4.69) is 5.32 Å². The Morgan fingerprint density at radius 2 is 2.10 bits per heavy atom. The van der Waals surface area contributed by atoms with Crippen LogP contribution in [0.2, 0.25) is 0 Å². The van der Waals surface area contributed by atoms with Crippen molar-refractivity contribution in [1.29, 1.82) is 0 Å². The fourth-order valence-corrected chi connectivity index (χ4v) is 2.51. The Morgan fingerprint density at radius 3 is 2.70 bits per heavy atom. The van der Waals surface area contributed by atoms with Gasteiger partial charge in [-0.05, 0) is 44.1 Å². The molecule has 1 aromatic carbocycles. The van der Waals surface area contributed by atoms with Crippen LogP contribution >= 0.6 is 0 Å². The summed E-state index contributed by atoms with van der Waals surface area (Å²) in [6.07, 6.45) is -2.56. The highest BCUT2D eigenvalue weighted by atomic mass is 19.4. The average molecular weight is 290 g/mol. The van der Waals surface area contributed by atoms with Gasteiger partial charge in [0.25, 0.3) is 0 Å². The topological polar surface area (TPSA) is 15.3 Å². The van der Waals surface area contributed by atoms with Gasteiger partial charge in [-0.15, -0.1) is 0 Å². The minimum absolute atomic E-state index is 0.308. The van der Waals surface area contributed by atoms with E-state index in [1.165, 1.54) is 6.07 Å². The third-order valence-electron chi connectivity index (χ3n) is 3.66. The van der Waals surface area contributed by atoms with Gasteiger partial charge in [-0.3, -0.25) is 4.90 Å². The predicted octanol–water partition coefficient (Wildman–Crippen LogP) is 3.03. The molecular formula is C14H18F4N2. The summed E-state index contributed by atoms with van der Waals surface area (Å²) in [7, 11) is 1.88. The minimum atomic E-state index is -4.65. The van der Waals surface area contributed by atoms with Crippen molar-refractivity contribution in [3.63, 3.8) is 0 Å². The van der Waals surface area contributed by atoms with Crippen LogP contribution in [0.1, 0.15) is 24.0 Å². The molecule has 1 heterocycles. The second-order valence-electron chi connectivity index (χ2n) is 5.23. The van der Waals surface area contributed by atoms with Gasteiger partial charge in [0.05, 0.1) is 5.56 Å². The zero-order valence-corrected chi connectivity index (χ0v) is 11.3. The van der Waals surface area contributed by atoms with Gasteiger partial charge in [0.15, 0.2) is 0 Å². The molecule has 6 heteroatoms. The largest absolute Gasteiger partial charge is 0.419 e. The van der Waals surface area contributed by atoms with Gasteiger partial charge in [-0.25, -0.2) is 4.39 Å². The third kappa shape index (κ3) is 3.70. The van der Waals surface area contributed by atoms with Gasteiger partial charge in [0.1, 0.15) is 5.82 Å². The maximum Gasteiger partial charge on any atom is 0.419 e. The summed E-state index contributed by atoms with van der Waals surface area (Å²) < 4.78 is 51.2. The van der Waals surface area contributed by atoms with E-state index in [1.54, 1.807) is 0 Å². The molecule has 1 atom stereocenters. The van der Waals surface area contributed by atoms with Crippen LogP contribution in [0.5, 0.6) is 0 Å². The summed E-state index contributed by atoms with van der Waals surface area (Å²) in [5.74, 6) is -1.22. The first-order valence-electron chi connectivity index (χ1n) is 6.64. The van der Waals surface area contributed by atoms with E-state index in [0.29, 0.717) is 18.2 Å². The predicted molar refractivity (Wildman–Crippen MR) is 68.8 cm³/mol. The van der Waals surface area contributed by atoms with Gasteiger partial charge in [-0.1, -0.05) is 6.07 Å². The lowest BCUT2D eigenvalue weighted by atomic mass is 10.0. The summed E-state index contributed by atoms with van der Waals surface area (Å²) in [5, 5.41) is 3.26. The van der Waals surface area contributed by atoms with Crippen molar-refractivity contribution in [2.75, 3.05) is 20.1 Å². The van der Waals surface area contributed by atoms with Gasteiger partial charge in [0.2, 0.25) is 0 Å². The molecule has 2 rings (SSSR count). The number of rotatable bonds is 3. The van der Waals surface area contributed by atoms with Gasteiger partial charge < -0.3 is 5.32 Å². The summed E-state index contributed by atoms with van der Waals surface area (Å²) >= 11 is 0. The lowest BCUT2D eigenvalue weighted by Gasteiger charge is -2.31. The van der Waals surface area contributed by atoms with Gasteiger partial charge in [-0.2, -0.15) is 13.2 Å². The minimum Gasteiger partial charge on any atom is -0.315 e. The summed E-state index contributed by atoms with van der Waals surface area (Å²) in [6.45, 7) is 2.21. The highest BCUT2D eigenvalue weighted by molar-refractivity contribution is 5.27. The van der Waals surface area contributed by atoms with Crippen molar-refractivity contribution in [2.24, 2.45) is 0 Å². The van der Waals surface area contributed by atoms with Crippen LogP contribution in [0.4, 0.5) is 17.6 Å². The molecule has 1 aliphatic rings. The number of benzene rings is 1. The van der Waals surface area contributed by atoms with Crippen molar-refractivity contribution in [1.82, 2.24) is 10.2 Å². The van der Waals surface area contributed by atoms with Crippen LogP contribution in [-0.4, -0.2) is 31.1 Å². The van der Waals surface area contributed by atoms with Crippen LogP contribution in [-0.2, 0) is 12.7 Å². The Kier molecular flexibility index (Phi) is 4.65.